The van der Waals surface area contributed by atoms with Crippen molar-refractivity contribution < 1.29 is 14.4 Å². The molecule has 3 rings (SSSR count). The highest BCUT2D eigenvalue weighted by molar-refractivity contribution is 7.12. The first-order valence-corrected chi connectivity index (χ1v) is 9.51. The SMILES string of the molecule is CN(CC(=O)N1CCCC(N2CCNCC2=O)C1)C(=O)c1cccs1.Cl. The normalized spacial score (nSPS) is 20.5. The Balaban J connectivity index is 0.00000243. The average molecular weight is 401 g/mol. The van der Waals surface area contributed by atoms with Gasteiger partial charge in [0.05, 0.1) is 18.0 Å². The molecule has 144 valence electrons. The monoisotopic (exact) mass is 400 g/mol. The van der Waals surface area contributed by atoms with Crippen molar-refractivity contribution in [1.29, 1.82) is 0 Å². The second-order valence-corrected chi connectivity index (χ2v) is 7.49. The quantitative estimate of drug-likeness (QED) is 0.806. The average Bonchev–Trinajstić information content (AvgIpc) is 3.16. The maximum atomic E-state index is 12.6. The zero-order valence-corrected chi connectivity index (χ0v) is 16.5. The second-order valence-electron chi connectivity index (χ2n) is 6.54. The molecule has 0 aromatic carbocycles. The lowest BCUT2D eigenvalue weighted by Crippen LogP contribution is -2.58. The number of carbonyl (C=O) groups is 3. The standard InChI is InChI=1S/C17H24N4O3S.ClH/c1-19(17(24)14-5-3-9-25-14)12-16(23)20-7-2-4-13(11-20)21-8-6-18-10-15(21)22;/h3,5,9,13,18H,2,4,6-8,10-12H2,1H3;1H. The summed E-state index contributed by atoms with van der Waals surface area (Å²) in [6, 6.07) is 3.68. The summed E-state index contributed by atoms with van der Waals surface area (Å²) >= 11 is 1.38. The van der Waals surface area contributed by atoms with Crippen LogP contribution in [0.1, 0.15) is 22.5 Å². The van der Waals surface area contributed by atoms with E-state index in [4.69, 9.17) is 0 Å². The Hall–Kier alpha value is -1.64. The van der Waals surface area contributed by atoms with Gasteiger partial charge >= 0.3 is 0 Å². The molecular weight excluding hydrogens is 376 g/mol. The Morgan fingerprint density at radius 1 is 1.38 bits per heavy atom. The summed E-state index contributed by atoms with van der Waals surface area (Å²) in [6.07, 6.45) is 1.82. The third-order valence-corrected chi connectivity index (χ3v) is 5.62. The number of nitrogens with zero attached hydrogens (tertiary/aromatic N) is 3. The Bertz CT molecular complexity index is 640. The predicted molar refractivity (Wildman–Crippen MR) is 103 cm³/mol. The lowest BCUT2D eigenvalue weighted by molar-refractivity contribution is -0.140. The van der Waals surface area contributed by atoms with Crippen molar-refractivity contribution in [3.05, 3.63) is 22.4 Å². The molecule has 26 heavy (non-hydrogen) atoms. The molecule has 0 saturated carbocycles. The van der Waals surface area contributed by atoms with Crippen molar-refractivity contribution in [2.45, 2.75) is 18.9 Å². The zero-order valence-electron chi connectivity index (χ0n) is 14.8. The van der Waals surface area contributed by atoms with Crippen molar-refractivity contribution in [2.24, 2.45) is 0 Å². The number of likely N-dealkylation sites (tertiary alicyclic amines) is 1. The third kappa shape index (κ3) is 4.75. The summed E-state index contributed by atoms with van der Waals surface area (Å²) in [7, 11) is 1.65. The summed E-state index contributed by atoms with van der Waals surface area (Å²) in [6.45, 7) is 3.19. The molecule has 2 fully saturated rings. The predicted octanol–water partition coefficient (Wildman–Crippen LogP) is 0.665. The Labute approximate surface area is 163 Å². The summed E-state index contributed by atoms with van der Waals surface area (Å²) in [5.41, 5.74) is 0. The number of rotatable bonds is 4. The highest BCUT2D eigenvalue weighted by Crippen LogP contribution is 2.18. The molecule has 1 aromatic rings. The van der Waals surface area contributed by atoms with Crippen molar-refractivity contribution in [2.75, 3.05) is 46.3 Å². The first-order chi connectivity index (χ1) is 12.1. The third-order valence-electron chi connectivity index (χ3n) is 4.77. The fraction of sp³-hybridized carbons (Fsp3) is 0.588. The van der Waals surface area contributed by atoms with Crippen molar-refractivity contribution in [3.63, 3.8) is 0 Å². The topological polar surface area (TPSA) is 73.0 Å². The molecule has 0 spiro atoms. The van der Waals surface area contributed by atoms with E-state index in [1.807, 2.05) is 16.3 Å². The number of thiophene rings is 1. The van der Waals surface area contributed by atoms with Crippen LogP contribution in [-0.4, -0.2) is 84.8 Å². The maximum Gasteiger partial charge on any atom is 0.264 e. The molecule has 2 saturated heterocycles. The molecule has 1 unspecified atom stereocenters. The minimum absolute atomic E-state index is 0. The molecule has 2 aliphatic rings. The smallest absolute Gasteiger partial charge is 0.264 e. The Kier molecular flexibility index (Phi) is 7.43. The van der Waals surface area contributed by atoms with Crippen LogP contribution in [0.4, 0.5) is 0 Å². The highest BCUT2D eigenvalue weighted by Gasteiger charge is 2.32. The molecule has 3 heterocycles. The maximum absolute atomic E-state index is 12.6. The van der Waals surface area contributed by atoms with Gasteiger partial charge in [-0.05, 0) is 24.3 Å². The zero-order chi connectivity index (χ0) is 17.8. The molecule has 2 aliphatic heterocycles. The van der Waals surface area contributed by atoms with Gasteiger partial charge in [0.15, 0.2) is 0 Å². The fourth-order valence-corrected chi connectivity index (χ4v) is 4.12. The summed E-state index contributed by atoms with van der Waals surface area (Å²) in [5, 5.41) is 4.92. The van der Waals surface area contributed by atoms with Gasteiger partial charge in [-0.3, -0.25) is 14.4 Å². The number of likely N-dealkylation sites (N-methyl/N-ethyl adjacent to an activating group) is 1. The van der Waals surface area contributed by atoms with Gasteiger partial charge in [-0.1, -0.05) is 6.07 Å². The largest absolute Gasteiger partial charge is 0.339 e. The van der Waals surface area contributed by atoms with Crippen LogP contribution in [-0.2, 0) is 9.59 Å². The summed E-state index contributed by atoms with van der Waals surface area (Å²) < 4.78 is 0. The van der Waals surface area contributed by atoms with Gasteiger partial charge in [-0.15, -0.1) is 23.7 Å². The first kappa shape index (κ1) is 20.7. The van der Waals surface area contributed by atoms with Crippen LogP contribution in [0.15, 0.2) is 17.5 Å². The van der Waals surface area contributed by atoms with Gasteiger partial charge in [0.1, 0.15) is 0 Å². The summed E-state index contributed by atoms with van der Waals surface area (Å²) in [5.74, 6) is -0.0792. The van der Waals surface area contributed by atoms with Gasteiger partial charge in [0.2, 0.25) is 11.8 Å². The summed E-state index contributed by atoms with van der Waals surface area (Å²) in [4.78, 5) is 42.8. The van der Waals surface area contributed by atoms with Gasteiger partial charge in [-0.2, -0.15) is 0 Å². The first-order valence-electron chi connectivity index (χ1n) is 8.63. The Morgan fingerprint density at radius 2 is 2.19 bits per heavy atom. The van der Waals surface area contributed by atoms with E-state index in [9.17, 15) is 14.4 Å². The van der Waals surface area contributed by atoms with Gasteiger partial charge in [0, 0.05) is 39.3 Å². The van der Waals surface area contributed by atoms with Crippen LogP contribution in [0.25, 0.3) is 0 Å². The van der Waals surface area contributed by atoms with Crippen LogP contribution in [0, 0.1) is 0 Å². The molecule has 1 aromatic heterocycles. The van der Waals surface area contributed by atoms with E-state index >= 15 is 0 Å². The molecule has 0 aliphatic carbocycles. The van der Waals surface area contributed by atoms with E-state index in [-0.39, 0.29) is 42.7 Å². The van der Waals surface area contributed by atoms with E-state index in [2.05, 4.69) is 5.32 Å². The molecule has 1 N–H and O–H groups in total. The molecule has 0 bridgehead atoms. The number of piperidine rings is 1. The highest BCUT2D eigenvalue weighted by atomic mass is 35.5. The number of carbonyl (C=O) groups excluding carboxylic acids is 3. The minimum Gasteiger partial charge on any atom is -0.339 e. The molecule has 3 amide bonds. The van der Waals surface area contributed by atoms with E-state index < -0.39 is 0 Å². The molecule has 7 nitrogen and oxygen atoms in total. The van der Waals surface area contributed by atoms with Crippen LogP contribution in [0.5, 0.6) is 0 Å². The fourth-order valence-electron chi connectivity index (χ4n) is 3.41. The Morgan fingerprint density at radius 3 is 2.88 bits per heavy atom. The van der Waals surface area contributed by atoms with Crippen LogP contribution in [0.2, 0.25) is 0 Å². The number of piperazine rings is 1. The number of hydrogen-bond acceptors (Lipinski definition) is 5. The lowest BCUT2D eigenvalue weighted by Gasteiger charge is -2.41. The molecule has 9 heteroatoms. The number of nitrogens with one attached hydrogen (secondary N) is 1. The second kappa shape index (κ2) is 9.34. The van der Waals surface area contributed by atoms with Crippen molar-refractivity contribution in [3.8, 4) is 0 Å². The van der Waals surface area contributed by atoms with Crippen LogP contribution >= 0.6 is 23.7 Å². The van der Waals surface area contributed by atoms with Crippen LogP contribution < -0.4 is 5.32 Å². The van der Waals surface area contributed by atoms with E-state index in [0.717, 1.165) is 19.4 Å². The van der Waals surface area contributed by atoms with Crippen molar-refractivity contribution >= 4 is 41.5 Å². The van der Waals surface area contributed by atoms with Gasteiger partial charge < -0.3 is 20.0 Å². The lowest BCUT2D eigenvalue weighted by atomic mass is 10.0. The minimum atomic E-state index is -0.130. The van der Waals surface area contributed by atoms with Gasteiger partial charge in [-0.25, -0.2) is 0 Å². The molecule has 1 atom stereocenters. The number of hydrogen-bond donors (Lipinski definition) is 1. The molecule has 0 radical (unpaired) electrons. The van der Waals surface area contributed by atoms with E-state index in [0.29, 0.717) is 31.1 Å². The van der Waals surface area contributed by atoms with Crippen LogP contribution in [0.3, 0.4) is 0 Å². The number of amides is 3. The van der Waals surface area contributed by atoms with E-state index in [1.165, 1.54) is 16.2 Å². The van der Waals surface area contributed by atoms with Gasteiger partial charge in [0.25, 0.3) is 5.91 Å². The van der Waals surface area contributed by atoms with E-state index in [1.54, 1.807) is 18.0 Å². The molecular formula is C17H25ClN4O3S. The number of halogens is 1. The van der Waals surface area contributed by atoms with Crippen molar-refractivity contribution in [1.82, 2.24) is 20.0 Å².